The lowest BCUT2D eigenvalue weighted by Crippen LogP contribution is -2.52. The summed E-state index contributed by atoms with van der Waals surface area (Å²) in [6.07, 6.45) is 8.29. The molecular formula is C19H25Cl2N3O. The molecule has 0 radical (unpaired) electrons. The molecule has 0 unspecified atom stereocenters. The van der Waals surface area contributed by atoms with Gasteiger partial charge in [0, 0.05) is 37.7 Å². The summed E-state index contributed by atoms with van der Waals surface area (Å²) >= 11 is 12.2. The Bertz CT molecular complexity index is 640. The highest BCUT2D eigenvalue weighted by atomic mass is 35.5. The van der Waals surface area contributed by atoms with Gasteiger partial charge in [-0.25, -0.2) is 4.79 Å². The minimum absolute atomic E-state index is 0.0401. The molecule has 2 aliphatic rings. The van der Waals surface area contributed by atoms with Crippen LogP contribution in [0.25, 0.3) is 0 Å². The molecule has 1 fully saturated rings. The molecule has 4 nitrogen and oxygen atoms in total. The van der Waals surface area contributed by atoms with Crippen molar-refractivity contribution in [1.82, 2.24) is 10.2 Å². The first-order valence-corrected chi connectivity index (χ1v) is 9.80. The average Bonchev–Trinajstić information content (AvgIpc) is 2.63. The molecule has 0 bridgehead atoms. The Balaban J connectivity index is 1.43. The fourth-order valence-corrected chi connectivity index (χ4v) is 3.99. The number of benzene rings is 1. The summed E-state index contributed by atoms with van der Waals surface area (Å²) in [6.45, 7) is 3.69. The highest BCUT2D eigenvalue weighted by molar-refractivity contribution is 6.36. The van der Waals surface area contributed by atoms with E-state index in [-0.39, 0.29) is 6.03 Å². The van der Waals surface area contributed by atoms with Crippen molar-refractivity contribution in [3.8, 4) is 0 Å². The number of hydrogen-bond donors (Lipinski definition) is 1. The molecule has 0 atom stereocenters. The van der Waals surface area contributed by atoms with Gasteiger partial charge in [-0.1, -0.05) is 34.9 Å². The van der Waals surface area contributed by atoms with Crippen LogP contribution in [0.2, 0.25) is 10.0 Å². The number of piperazine rings is 1. The predicted octanol–water partition coefficient (Wildman–Crippen LogP) is 4.72. The van der Waals surface area contributed by atoms with Gasteiger partial charge in [0.25, 0.3) is 0 Å². The lowest BCUT2D eigenvalue weighted by Gasteiger charge is -2.36. The van der Waals surface area contributed by atoms with E-state index in [0.29, 0.717) is 23.1 Å². The van der Waals surface area contributed by atoms with Gasteiger partial charge >= 0.3 is 6.03 Å². The number of amides is 2. The summed E-state index contributed by atoms with van der Waals surface area (Å²) < 4.78 is 0. The first kappa shape index (κ1) is 18.4. The summed E-state index contributed by atoms with van der Waals surface area (Å²) in [5, 5.41) is 4.35. The lowest BCUT2D eigenvalue weighted by atomic mass is 9.97. The number of carbonyl (C=O) groups excluding carboxylic acids is 1. The number of allylic oxidation sites excluding steroid dienone is 1. The Kier molecular flexibility index (Phi) is 6.49. The molecule has 1 aromatic carbocycles. The minimum Gasteiger partial charge on any atom is -0.367 e. The molecule has 0 aromatic heterocycles. The van der Waals surface area contributed by atoms with E-state index in [0.717, 1.165) is 31.7 Å². The number of urea groups is 1. The molecular weight excluding hydrogens is 357 g/mol. The van der Waals surface area contributed by atoms with Gasteiger partial charge in [-0.3, -0.25) is 0 Å². The predicted molar refractivity (Wildman–Crippen MR) is 105 cm³/mol. The molecule has 25 heavy (non-hydrogen) atoms. The first-order valence-electron chi connectivity index (χ1n) is 9.04. The van der Waals surface area contributed by atoms with E-state index in [1.807, 2.05) is 17.0 Å². The van der Waals surface area contributed by atoms with Crippen LogP contribution in [-0.2, 0) is 0 Å². The third-order valence-electron chi connectivity index (χ3n) is 4.92. The molecule has 1 N–H and O–H groups in total. The van der Waals surface area contributed by atoms with Crippen LogP contribution in [-0.4, -0.2) is 43.7 Å². The fraction of sp³-hybridized carbons (Fsp3) is 0.526. The Morgan fingerprint density at radius 3 is 2.60 bits per heavy atom. The molecule has 3 rings (SSSR count). The van der Waals surface area contributed by atoms with Gasteiger partial charge in [0.15, 0.2) is 0 Å². The van der Waals surface area contributed by atoms with Crippen molar-refractivity contribution in [3.05, 3.63) is 39.9 Å². The van der Waals surface area contributed by atoms with Crippen LogP contribution in [0.4, 0.5) is 10.5 Å². The van der Waals surface area contributed by atoms with Gasteiger partial charge in [0.05, 0.1) is 10.7 Å². The number of halogens is 2. The number of hydrogen-bond acceptors (Lipinski definition) is 2. The molecule has 1 aliphatic heterocycles. The van der Waals surface area contributed by atoms with Gasteiger partial charge in [0.1, 0.15) is 0 Å². The monoisotopic (exact) mass is 381 g/mol. The maximum Gasteiger partial charge on any atom is 0.317 e. The number of nitrogens with one attached hydrogen (secondary N) is 1. The summed E-state index contributed by atoms with van der Waals surface area (Å²) in [5.41, 5.74) is 2.48. The molecule has 0 spiro atoms. The van der Waals surface area contributed by atoms with Crippen molar-refractivity contribution in [2.24, 2.45) is 0 Å². The third-order valence-corrected chi connectivity index (χ3v) is 5.46. The Morgan fingerprint density at radius 2 is 1.92 bits per heavy atom. The lowest BCUT2D eigenvalue weighted by molar-refractivity contribution is 0.194. The van der Waals surface area contributed by atoms with Gasteiger partial charge in [-0.2, -0.15) is 0 Å². The van der Waals surface area contributed by atoms with Crippen LogP contribution in [0.1, 0.15) is 32.1 Å². The van der Waals surface area contributed by atoms with E-state index in [2.05, 4.69) is 16.3 Å². The van der Waals surface area contributed by atoms with Crippen molar-refractivity contribution in [2.75, 3.05) is 37.6 Å². The van der Waals surface area contributed by atoms with Crippen LogP contribution < -0.4 is 10.2 Å². The second kappa shape index (κ2) is 8.81. The molecule has 1 heterocycles. The Morgan fingerprint density at radius 1 is 1.12 bits per heavy atom. The topological polar surface area (TPSA) is 35.6 Å². The number of anilines is 1. The molecule has 0 saturated carbocycles. The third kappa shape index (κ3) is 5.05. The second-order valence-electron chi connectivity index (χ2n) is 6.66. The molecule has 6 heteroatoms. The summed E-state index contributed by atoms with van der Waals surface area (Å²) in [6, 6.07) is 5.59. The number of carbonyl (C=O) groups is 1. The maximum atomic E-state index is 12.3. The van der Waals surface area contributed by atoms with Gasteiger partial charge in [-0.05, 0) is 50.3 Å². The van der Waals surface area contributed by atoms with E-state index in [9.17, 15) is 4.79 Å². The van der Waals surface area contributed by atoms with Gasteiger partial charge in [-0.15, -0.1) is 0 Å². The van der Waals surface area contributed by atoms with E-state index >= 15 is 0 Å². The van der Waals surface area contributed by atoms with Crippen LogP contribution in [0.15, 0.2) is 29.8 Å². The zero-order valence-electron chi connectivity index (χ0n) is 14.4. The van der Waals surface area contributed by atoms with E-state index in [1.54, 1.807) is 6.07 Å². The Hall–Kier alpha value is -1.39. The smallest absolute Gasteiger partial charge is 0.317 e. The van der Waals surface area contributed by atoms with Crippen LogP contribution in [0.3, 0.4) is 0 Å². The molecule has 1 aliphatic carbocycles. The summed E-state index contributed by atoms with van der Waals surface area (Å²) in [4.78, 5) is 16.4. The Labute approximate surface area is 159 Å². The average molecular weight is 382 g/mol. The first-order chi connectivity index (χ1) is 12.1. The van der Waals surface area contributed by atoms with Gasteiger partial charge in [0.2, 0.25) is 0 Å². The number of rotatable bonds is 4. The molecule has 1 saturated heterocycles. The van der Waals surface area contributed by atoms with Crippen molar-refractivity contribution in [1.29, 1.82) is 0 Å². The maximum absolute atomic E-state index is 12.3. The van der Waals surface area contributed by atoms with Crippen molar-refractivity contribution >= 4 is 34.9 Å². The van der Waals surface area contributed by atoms with Crippen LogP contribution in [0, 0.1) is 0 Å². The van der Waals surface area contributed by atoms with Gasteiger partial charge < -0.3 is 15.1 Å². The van der Waals surface area contributed by atoms with Crippen molar-refractivity contribution in [3.63, 3.8) is 0 Å². The highest BCUT2D eigenvalue weighted by Gasteiger charge is 2.22. The largest absolute Gasteiger partial charge is 0.367 e. The number of nitrogens with zero attached hydrogens (tertiary/aromatic N) is 2. The van der Waals surface area contributed by atoms with E-state index < -0.39 is 0 Å². The molecule has 2 amide bonds. The zero-order chi connectivity index (χ0) is 17.6. The van der Waals surface area contributed by atoms with Crippen molar-refractivity contribution in [2.45, 2.75) is 32.1 Å². The van der Waals surface area contributed by atoms with E-state index in [1.165, 1.54) is 31.3 Å². The van der Waals surface area contributed by atoms with Crippen LogP contribution in [0.5, 0.6) is 0 Å². The molecule has 136 valence electrons. The minimum atomic E-state index is 0.0401. The SMILES string of the molecule is O=C(NCCC1=CCCCC1)N1CCN(c2ccc(Cl)cc2Cl)CC1. The normalized spacial score (nSPS) is 18.1. The fourth-order valence-electron chi connectivity index (χ4n) is 3.46. The zero-order valence-corrected chi connectivity index (χ0v) is 16.0. The standard InChI is InChI=1S/C19H25Cl2N3O/c20-16-6-7-18(17(21)14-16)23-10-12-24(13-11-23)19(25)22-9-8-15-4-2-1-3-5-15/h4,6-7,14H,1-3,5,8-13H2,(H,22,25). The highest BCUT2D eigenvalue weighted by Crippen LogP contribution is 2.29. The summed E-state index contributed by atoms with van der Waals surface area (Å²) in [7, 11) is 0. The molecule has 1 aromatic rings. The second-order valence-corrected chi connectivity index (χ2v) is 7.50. The van der Waals surface area contributed by atoms with Crippen LogP contribution >= 0.6 is 23.2 Å². The van der Waals surface area contributed by atoms with E-state index in [4.69, 9.17) is 23.2 Å². The summed E-state index contributed by atoms with van der Waals surface area (Å²) in [5.74, 6) is 0. The quantitative estimate of drug-likeness (QED) is 0.766. The van der Waals surface area contributed by atoms with Crippen molar-refractivity contribution < 1.29 is 4.79 Å².